The monoisotopic (exact) mass is 290 g/mol. The van der Waals surface area contributed by atoms with E-state index < -0.39 is 10.0 Å². The number of ether oxygens (including phenoxy) is 1. The molecular weight excluding hydrogens is 272 g/mol. The Hall–Kier alpha value is -0.470. The molecule has 2 heterocycles. The third-order valence-corrected chi connectivity index (χ3v) is 5.88. The Morgan fingerprint density at radius 1 is 1.50 bits per heavy atom. The number of hydrogen-bond donors (Lipinski definition) is 2. The van der Waals surface area contributed by atoms with Gasteiger partial charge >= 0.3 is 0 Å². The van der Waals surface area contributed by atoms with Crippen molar-refractivity contribution in [2.24, 2.45) is 5.73 Å². The second kappa shape index (κ2) is 6.12. The maximum Gasteiger partial charge on any atom is 0.250 e. The van der Waals surface area contributed by atoms with Crippen molar-refractivity contribution >= 4 is 21.4 Å². The molecule has 2 rings (SSSR count). The summed E-state index contributed by atoms with van der Waals surface area (Å²) in [6.07, 6.45) is 2.66. The molecule has 1 fully saturated rings. The molecule has 5 nitrogen and oxygen atoms in total. The zero-order valence-electron chi connectivity index (χ0n) is 10.1. The molecule has 18 heavy (non-hydrogen) atoms. The summed E-state index contributed by atoms with van der Waals surface area (Å²) in [4.78, 5) is 0.995. The van der Waals surface area contributed by atoms with E-state index in [4.69, 9.17) is 10.5 Å². The van der Waals surface area contributed by atoms with Gasteiger partial charge in [0, 0.05) is 18.0 Å². The number of nitrogens with one attached hydrogen (secondary N) is 1. The van der Waals surface area contributed by atoms with E-state index in [1.165, 1.54) is 11.3 Å². The Balaban J connectivity index is 1.95. The van der Waals surface area contributed by atoms with Crippen LogP contribution in [0.15, 0.2) is 16.3 Å². The highest BCUT2D eigenvalue weighted by Crippen LogP contribution is 2.22. The van der Waals surface area contributed by atoms with Gasteiger partial charge in [0.15, 0.2) is 0 Å². The maximum absolute atomic E-state index is 12.0. The Labute approximate surface area is 111 Å². The highest BCUT2D eigenvalue weighted by molar-refractivity contribution is 7.91. The van der Waals surface area contributed by atoms with Gasteiger partial charge in [0.2, 0.25) is 10.0 Å². The van der Waals surface area contributed by atoms with E-state index in [0.717, 1.165) is 24.3 Å². The molecule has 0 radical (unpaired) electrons. The molecule has 1 aliphatic heterocycles. The molecule has 0 spiro atoms. The van der Waals surface area contributed by atoms with Crippen LogP contribution in [0.25, 0.3) is 0 Å². The molecule has 0 aliphatic carbocycles. The number of rotatable bonds is 6. The molecule has 3 N–H and O–H groups in total. The average molecular weight is 290 g/mol. The Bertz CT molecular complexity index is 478. The lowest BCUT2D eigenvalue weighted by Crippen LogP contribution is -2.31. The van der Waals surface area contributed by atoms with E-state index in [9.17, 15) is 8.42 Å². The predicted molar refractivity (Wildman–Crippen MR) is 71.2 cm³/mol. The smallest absolute Gasteiger partial charge is 0.250 e. The summed E-state index contributed by atoms with van der Waals surface area (Å²) >= 11 is 1.28. The summed E-state index contributed by atoms with van der Waals surface area (Å²) in [7, 11) is -3.40. The van der Waals surface area contributed by atoms with Crippen molar-refractivity contribution in [1.82, 2.24) is 4.72 Å². The second-order valence-electron chi connectivity index (χ2n) is 4.25. The Morgan fingerprint density at radius 3 is 3.00 bits per heavy atom. The van der Waals surface area contributed by atoms with Crippen molar-refractivity contribution in [1.29, 1.82) is 0 Å². The molecule has 0 saturated carbocycles. The standard InChI is InChI=1S/C11H18N2O3S2/c12-6-5-10-3-4-11(17-10)18(14,15)13-8-9-2-1-7-16-9/h3-4,9,13H,1-2,5-8,12H2. The molecule has 0 amide bonds. The van der Waals surface area contributed by atoms with Gasteiger partial charge in [-0.2, -0.15) is 0 Å². The predicted octanol–water partition coefficient (Wildman–Crippen LogP) is 0.707. The fourth-order valence-corrected chi connectivity index (χ4v) is 4.34. The molecule has 7 heteroatoms. The SMILES string of the molecule is NCCc1ccc(S(=O)(=O)NCC2CCCO2)s1. The van der Waals surface area contributed by atoms with Gasteiger partial charge in [-0.05, 0) is 37.9 Å². The van der Waals surface area contributed by atoms with Crippen LogP contribution in [-0.2, 0) is 21.2 Å². The summed E-state index contributed by atoms with van der Waals surface area (Å²) in [5.41, 5.74) is 5.45. The van der Waals surface area contributed by atoms with Crippen molar-refractivity contribution in [2.45, 2.75) is 29.6 Å². The van der Waals surface area contributed by atoms with Gasteiger partial charge in [0.25, 0.3) is 0 Å². The van der Waals surface area contributed by atoms with E-state index in [1.807, 2.05) is 6.07 Å². The van der Waals surface area contributed by atoms with Gasteiger partial charge < -0.3 is 10.5 Å². The van der Waals surface area contributed by atoms with Crippen LogP contribution >= 0.6 is 11.3 Å². The van der Waals surface area contributed by atoms with Crippen LogP contribution in [0.3, 0.4) is 0 Å². The second-order valence-corrected chi connectivity index (χ2v) is 7.41. The first kappa shape index (κ1) is 14.0. The minimum atomic E-state index is -3.40. The number of hydrogen-bond acceptors (Lipinski definition) is 5. The molecule has 0 aromatic carbocycles. The molecule has 1 atom stereocenters. The van der Waals surface area contributed by atoms with E-state index in [2.05, 4.69) is 4.72 Å². The number of thiophene rings is 1. The maximum atomic E-state index is 12.0. The topological polar surface area (TPSA) is 81.4 Å². The Kier molecular flexibility index (Phi) is 4.74. The highest BCUT2D eigenvalue weighted by Gasteiger charge is 2.21. The number of nitrogens with two attached hydrogens (primary N) is 1. The third kappa shape index (κ3) is 3.52. The fraction of sp³-hybridized carbons (Fsp3) is 0.636. The minimum absolute atomic E-state index is 0.0169. The van der Waals surface area contributed by atoms with Crippen molar-refractivity contribution in [3.05, 3.63) is 17.0 Å². The normalized spacial score (nSPS) is 20.4. The third-order valence-electron chi connectivity index (χ3n) is 2.82. The first-order valence-corrected chi connectivity index (χ1v) is 8.32. The van der Waals surface area contributed by atoms with Gasteiger partial charge in [-0.3, -0.25) is 0 Å². The molecular formula is C11H18N2O3S2. The largest absolute Gasteiger partial charge is 0.377 e. The van der Waals surface area contributed by atoms with Gasteiger partial charge in [-0.1, -0.05) is 0 Å². The molecule has 1 saturated heterocycles. The summed E-state index contributed by atoms with van der Waals surface area (Å²) in [5.74, 6) is 0. The van der Waals surface area contributed by atoms with Crippen LogP contribution < -0.4 is 10.5 Å². The molecule has 1 aromatic rings. The summed E-state index contributed by atoms with van der Waals surface area (Å²) in [6, 6.07) is 3.45. The van der Waals surface area contributed by atoms with Crippen LogP contribution in [0, 0.1) is 0 Å². The highest BCUT2D eigenvalue weighted by atomic mass is 32.2. The minimum Gasteiger partial charge on any atom is -0.377 e. The zero-order chi connectivity index (χ0) is 13.0. The van der Waals surface area contributed by atoms with E-state index >= 15 is 0 Å². The van der Waals surface area contributed by atoms with Crippen LogP contribution in [-0.4, -0.2) is 34.2 Å². The summed E-state index contributed by atoms with van der Waals surface area (Å²) in [5, 5.41) is 0. The van der Waals surface area contributed by atoms with Crippen molar-refractivity contribution in [3.63, 3.8) is 0 Å². The Morgan fingerprint density at radius 2 is 2.33 bits per heavy atom. The van der Waals surface area contributed by atoms with Crippen molar-refractivity contribution in [3.8, 4) is 0 Å². The van der Waals surface area contributed by atoms with Crippen LogP contribution in [0.2, 0.25) is 0 Å². The molecule has 1 aliphatic rings. The summed E-state index contributed by atoms with van der Waals surface area (Å²) < 4.78 is 32.4. The van der Waals surface area contributed by atoms with Crippen molar-refractivity contribution in [2.75, 3.05) is 19.7 Å². The van der Waals surface area contributed by atoms with E-state index in [-0.39, 0.29) is 6.10 Å². The van der Waals surface area contributed by atoms with E-state index in [1.54, 1.807) is 6.07 Å². The lowest BCUT2D eigenvalue weighted by atomic mass is 10.2. The van der Waals surface area contributed by atoms with E-state index in [0.29, 0.717) is 23.7 Å². The quantitative estimate of drug-likeness (QED) is 0.808. The van der Waals surface area contributed by atoms with Gasteiger partial charge in [0.05, 0.1) is 6.10 Å². The van der Waals surface area contributed by atoms with Gasteiger partial charge in [0.1, 0.15) is 4.21 Å². The molecule has 1 unspecified atom stereocenters. The van der Waals surface area contributed by atoms with Gasteiger partial charge in [-0.15, -0.1) is 11.3 Å². The molecule has 1 aromatic heterocycles. The number of sulfonamides is 1. The first-order valence-electron chi connectivity index (χ1n) is 6.02. The first-order chi connectivity index (χ1) is 8.62. The molecule has 0 bridgehead atoms. The van der Waals surface area contributed by atoms with Crippen LogP contribution in [0.1, 0.15) is 17.7 Å². The van der Waals surface area contributed by atoms with Crippen molar-refractivity contribution < 1.29 is 13.2 Å². The van der Waals surface area contributed by atoms with Gasteiger partial charge in [-0.25, -0.2) is 13.1 Å². The lowest BCUT2D eigenvalue weighted by molar-refractivity contribution is 0.114. The summed E-state index contributed by atoms with van der Waals surface area (Å²) in [6.45, 7) is 1.61. The average Bonchev–Trinajstić information content (AvgIpc) is 2.98. The zero-order valence-corrected chi connectivity index (χ0v) is 11.7. The van der Waals surface area contributed by atoms with Crippen LogP contribution in [0.4, 0.5) is 0 Å². The molecule has 102 valence electrons. The lowest BCUT2D eigenvalue weighted by Gasteiger charge is -2.10. The van der Waals surface area contributed by atoms with Crippen LogP contribution in [0.5, 0.6) is 0 Å². The fourth-order valence-electron chi connectivity index (χ4n) is 1.86.